The summed E-state index contributed by atoms with van der Waals surface area (Å²) < 4.78 is 5.78. The van der Waals surface area contributed by atoms with Crippen molar-refractivity contribution in [3.05, 3.63) is 82.0 Å². The predicted molar refractivity (Wildman–Crippen MR) is 114 cm³/mol. The van der Waals surface area contributed by atoms with E-state index in [9.17, 15) is 5.26 Å². The van der Waals surface area contributed by atoms with E-state index >= 15 is 0 Å². The fourth-order valence-corrected chi connectivity index (χ4v) is 2.97. The van der Waals surface area contributed by atoms with Crippen LogP contribution in [-0.4, -0.2) is 16.4 Å². The monoisotopic (exact) mass is 421 g/mol. The summed E-state index contributed by atoms with van der Waals surface area (Å²) in [6, 6.07) is 20.2. The SMILES string of the molecule is N#Cc1c(N=Cc2ccc(-c3ccc(Cl)cc3)o2)n[nH]c1Nc1cccc(Cl)c1. The first-order valence-electron chi connectivity index (χ1n) is 8.53. The second kappa shape index (κ2) is 8.23. The quantitative estimate of drug-likeness (QED) is 0.367. The van der Waals surface area contributed by atoms with Gasteiger partial charge in [-0.3, -0.25) is 5.10 Å². The van der Waals surface area contributed by atoms with Crippen LogP contribution in [0, 0.1) is 11.3 Å². The van der Waals surface area contributed by atoms with Gasteiger partial charge in [-0.1, -0.05) is 29.3 Å². The fraction of sp³-hybridized carbons (Fsp3) is 0. The lowest BCUT2D eigenvalue weighted by atomic mass is 10.2. The molecule has 0 fully saturated rings. The highest BCUT2D eigenvalue weighted by Gasteiger charge is 2.13. The number of H-pyrrole nitrogens is 1. The van der Waals surface area contributed by atoms with E-state index < -0.39 is 0 Å². The maximum atomic E-state index is 9.51. The van der Waals surface area contributed by atoms with E-state index in [2.05, 4.69) is 26.6 Å². The Morgan fingerprint density at radius 2 is 1.90 bits per heavy atom. The Bertz CT molecular complexity index is 1220. The van der Waals surface area contributed by atoms with Gasteiger partial charge in [-0.15, -0.1) is 0 Å². The van der Waals surface area contributed by atoms with Gasteiger partial charge in [-0.2, -0.15) is 10.4 Å². The Balaban J connectivity index is 1.54. The molecule has 2 heterocycles. The minimum atomic E-state index is 0.251. The second-order valence-corrected chi connectivity index (χ2v) is 6.88. The number of rotatable bonds is 5. The zero-order valence-corrected chi connectivity index (χ0v) is 16.4. The maximum absolute atomic E-state index is 9.51. The van der Waals surface area contributed by atoms with Crippen molar-refractivity contribution in [3.8, 4) is 17.4 Å². The Morgan fingerprint density at radius 3 is 2.66 bits per heavy atom. The van der Waals surface area contributed by atoms with Crippen LogP contribution in [0.5, 0.6) is 0 Å². The standard InChI is InChI=1S/C21H13Cl2N5O/c22-14-6-4-13(5-7-14)19-9-8-17(29-19)12-25-20-18(11-24)21(28-27-20)26-16-3-1-2-15(23)10-16/h1-10,12H,(H2,26,27,28). The van der Waals surface area contributed by atoms with Crippen molar-refractivity contribution in [1.29, 1.82) is 5.26 Å². The first-order valence-corrected chi connectivity index (χ1v) is 9.29. The lowest BCUT2D eigenvalue weighted by Crippen LogP contribution is -1.92. The van der Waals surface area contributed by atoms with Crippen molar-refractivity contribution in [3.63, 3.8) is 0 Å². The van der Waals surface area contributed by atoms with Crippen LogP contribution < -0.4 is 5.32 Å². The molecule has 0 spiro atoms. The molecule has 0 saturated heterocycles. The van der Waals surface area contributed by atoms with Gasteiger partial charge in [0.05, 0.1) is 6.21 Å². The predicted octanol–water partition coefficient (Wildman–Crippen LogP) is 6.34. The van der Waals surface area contributed by atoms with E-state index in [4.69, 9.17) is 27.6 Å². The highest BCUT2D eigenvalue weighted by Crippen LogP contribution is 2.27. The Morgan fingerprint density at radius 1 is 1.07 bits per heavy atom. The summed E-state index contributed by atoms with van der Waals surface area (Å²) in [7, 11) is 0. The van der Waals surface area contributed by atoms with Gasteiger partial charge < -0.3 is 9.73 Å². The average molecular weight is 422 g/mol. The lowest BCUT2D eigenvalue weighted by molar-refractivity contribution is 0.575. The molecule has 142 valence electrons. The normalized spacial score (nSPS) is 10.9. The molecule has 2 aromatic heterocycles. The Labute approximate surface area is 176 Å². The van der Waals surface area contributed by atoms with E-state index in [1.807, 2.05) is 24.3 Å². The van der Waals surface area contributed by atoms with Gasteiger partial charge in [0.2, 0.25) is 0 Å². The van der Waals surface area contributed by atoms with E-state index in [-0.39, 0.29) is 11.4 Å². The van der Waals surface area contributed by atoms with Gasteiger partial charge in [-0.05, 0) is 54.6 Å². The van der Waals surface area contributed by atoms with Crippen molar-refractivity contribution < 1.29 is 4.42 Å². The van der Waals surface area contributed by atoms with Crippen LogP contribution in [0.1, 0.15) is 11.3 Å². The second-order valence-electron chi connectivity index (χ2n) is 6.01. The number of nitriles is 1. The molecule has 0 aliphatic rings. The summed E-state index contributed by atoms with van der Waals surface area (Å²) in [6.45, 7) is 0. The smallest absolute Gasteiger partial charge is 0.193 e. The largest absolute Gasteiger partial charge is 0.455 e. The summed E-state index contributed by atoms with van der Waals surface area (Å²) in [5.41, 5.74) is 1.91. The number of nitrogens with one attached hydrogen (secondary N) is 2. The van der Waals surface area contributed by atoms with E-state index in [0.717, 1.165) is 11.3 Å². The molecule has 0 atom stereocenters. The van der Waals surface area contributed by atoms with Crippen LogP contribution in [0.15, 0.2) is 70.1 Å². The summed E-state index contributed by atoms with van der Waals surface area (Å²) >= 11 is 11.9. The van der Waals surface area contributed by atoms with Crippen molar-refractivity contribution in [2.24, 2.45) is 4.99 Å². The molecule has 29 heavy (non-hydrogen) atoms. The molecule has 0 unspecified atom stereocenters. The first-order chi connectivity index (χ1) is 14.1. The van der Waals surface area contributed by atoms with E-state index in [0.29, 0.717) is 27.4 Å². The van der Waals surface area contributed by atoms with Gasteiger partial charge in [0.15, 0.2) is 5.82 Å². The highest BCUT2D eigenvalue weighted by atomic mass is 35.5. The van der Waals surface area contributed by atoms with Crippen molar-refractivity contribution in [2.75, 3.05) is 5.32 Å². The topological polar surface area (TPSA) is 90.0 Å². The van der Waals surface area contributed by atoms with Gasteiger partial charge in [0, 0.05) is 21.3 Å². The molecular weight excluding hydrogens is 409 g/mol. The minimum Gasteiger partial charge on any atom is -0.455 e. The number of nitrogens with zero attached hydrogens (tertiary/aromatic N) is 3. The molecule has 0 saturated carbocycles. The first kappa shape index (κ1) is 18.8. The zero-order chi connectivity index (χ0) is 20.2. The van der Waals surface area contributed by atoms with Gasteiger partial charge in [0.1, 0.15) is 29.0 Å². The van der Waals surface area contributed by atoms with Crippen molar-refractivity contribution in [1.82, 2.24) is 10.2 Å². The Kier molecular flexibility index (Phi) is 5.34. The number of aromatic amines is 1. The van der Waals surface area contributed by atoms with E-state index in [1.165, 1.54) is 6.21 Å². The molecule has 4 aromatic rings. The zero-order valence-electron chi connectivity index (χ0n) is 14.9. The summed E-state index contributed by atoms with van der Waals surface area (Å²) in [5, 5.41) is 20.7. The van der Waals surface area contributed by atoms with Crippen LogP contribution in [0.2, 0.25) is 10.0 Å². The number of aliphatic imine (C=N–C) groups is 1. The number of anilines is 2. The number of hydrogen-bond donors (Lipinski definition) is 2. The molecule has 0 amide bonds. The van der Waals surface area contributed by atoms with Gasteiger partial charge >= 0.3 is 0 Å². The van der Waals surface area contributed by atoms with Crippen LogP contribution in [-0.2, 0) is 0 Å². The third-order valence-corrected chi connectivity index (χ3v) is 4.51. The van der Waals surface area contributed by atoms with Crippen LogP contribution in [0.25, 0.3) is 11.3 Å². The molecular formula is C21H13Cl2N5O. The van der Waals surface area contributed by atoms with Crippen LogP contribution >= 0.6 is 23.2 Å². The molecule has 0 aliphatic heterocycles. The van der Waals surface area contributed by atoms with Crippen molar-refractivity contribution >= 4 is 46.7 Å². The molecule has 2 N–H and O–H groups in total. The molecule has 0 aliphatic carbocycles. The maximum Gasteiger partial charge on any atom is 0.193 e. The summed E-state index contributed by atoms with van der Waals surface area (Å²) in [5.74, 6) is 1.91. The van der Waals surface area contributed by atoms with Gasteiger partial charge in [-0.25, -0.2) is 4.99 Å². The number of benzene rings is 2. The van der Waals surface area contributed by atoms with Crippen LogP contribution in [0.3, 0.4) is 0 Å². The van der Waals surface area contributed by atoms with Crippen molar-refractivity contribution in [2.45, 2.75) is 0 Å². The molecule has 6 nitrogen and oxygen atoms in total. The van der Waals surface area contributed by atoms with Crippen LogP contribution in [0.4, 0.5) is 17.3 Å². The number of hydrogen-bond acceptors (Lipinski definition) is 5. The van der Waals surface area contributed by atoms with Gasteiger partial charge in [0.25, 0.3) is 0 Å². The number of furan rings is 1. The molecule has 0 bridgehead atoms. The molecule has 0 radical (unpaired) electrons. The minimum absolute atomic E-state index is 0.251. The molecule has 8 heteroatoms. The highest BCUT2D eigenvalue weighted by molar-refractivity contribution is 6.31. The van der Waals surface area contributed by atoms with E-state index in [1.54, 1.807) is 36.4 Å². The lowest BCUT2D eigenvalue weighted by Gasteiger charge is -2.03. The third-order valence-electron chi connectivity index (χ3n) is 4.02. The Hall–Kier alpha value is -3.53. The molecule has 2 aromatic carbocycles. The third kappa shape index (κ3) is 4.32. The fourth-order valence-electron chi connectivity index (χ4n) is 2.65. The number of aromatic nitrogens is 2. The summed E-state index contributed by atoms with van der Waals surface area (Å²) in [4.78, 5) is 4.28. The molecule has 4 rings (SSSR count). The number of halogens is 2. The summed E-state index contributed by atoms with van der Waals surface area (Å²) in [6.07, 6.45) is 1.51. The average Bonchev–Trinajstić information content (AvgIpc) is 3.34.